The number of nitrogens with zero attached hydrogens (tertiary/aromatic N) is 1. The fourth-order valence-electron chi connectivity index (χ4n) is 1.47. The van der Waals surface area contributed by atoms with Crippen LogP contribution in [0.2, 0.25) is 0 Å². The molecule has 5 nitrogen and oxygen atoms in total. The minimum atomic E-state index is -0.224. The molecule has 0 atom stereocenters. The lowest BCUT2D eigenvalue weighted by Crippen LogP contribution is -2.52. The first kappa shape index (κ1) is 13.1. The lowest BCUT2D eigenvalue weighted by Gasteiger charge is -2.24. The zero-order valence-electron chi connectivity index (χ0n) is 9.99. The normalized spacial score (nSPS) is 17.9. The highest BCUT2D eigenvalue weighted by Crippen LogP contribution is 1.99. The van der Waals surface area contributed by atoms with Gasteiger partial charge in [-0.15, -0.1) is 0 Å². The Morgan fingerprint density at radius 1 is 1.25 bits per heavy atom. The van der Waals surface area contributed by atoms with Crippen molar-refractivity contribution in [2.24, 2.45) is 5.92 Å². The first-order valence-electron chi connectivity index (χ1n) is 5.70. The Bertz CT molecular complexity index is 238. The number of hydrogen-bond donors (Lipinski definition) is 1. The van der Waals surface area contributed by atoms with Crippen LogP contribution in [0.4, 0.5) is 0 Å². The van der Waals surface area contributed by atoms with Crippen molar-refractivity contribution in [2.45, 2.75) is 20.3 Å². The zero-order chi connectivity index (χ0) is 12.0. The molecule has 0 spiro atoms. The van der Waals surface area contributed by atoms with Gasteiger partial charge in [0.25, 0.3) is 0 Å². The quantitative estimate of drug-likeness (QED) is 0.514. The minimum absolute atomic E-state index is 0.224. The molecule has 16 heavy (non-hydrogen) atoms. The summed E-state index contributed by atoms with van der Waals surface area (Å²) in [5.41, 5.74) is 0. The van der Waals surface area contributed by atoms with Gasteiger partial charge in [-0.1, -0.05) is 13.8 Å². The van der Waals surface area contributed by atoms with E-state index in [4.69, 9.17) is 4.74 Å². The van der Waals surface area contributed by atoms with E-state index in [1.807, 2.05) is 0 Å². The molecular formula is C11H20N2O3. The first-order chi connectivity index (χ1) is 7.58. The van der Waals surface area contributed by atoms with Gasteiger partial charge in [-0.25, -0.2) is 0 Å². The molecule has 1 saturated heterocycles. The Morgan fingerprint density at radius 2 is 1.88 bits per heavy atom. The molecule has 0 radical (unpaired) electrons. The van der Waals surface area contributed by atoms with Gasteiger partial charge in [-0.3, -0.25) is 19.8 Å². The SMILES string of the molecule is CC(C)CCOCCN1CC(=O)NC(=O)C1. The summed E-state index contributed by atoms with van der Waals surface area (Å²) in [7, 11) is 0. The van der Waals surface area contributed by atoms with E-state index in [0.717, 1.165) is 13.0 Å². The van der Waals surface area contributed by atoms with Crippen molar-refractivity contribution in [2.75, 3.05) is 32.8 Å². The van der Waals surface area contributed by atoms with E-state index < -0.39 is 0 Å². The number of hydrogen-bond acceptors (Lipinski definition) is 4. The lowest BCUT2D eigenvalue weighted by molar-refractivity contribution is -0.136. The number of carbonyl (C=O) groups excluding carboxylic acids is 2. The van der Waals surface area contributed by atoms with E-state index in [-0.39, 0.29) is 11.8 Å². The maximum absolute atomic E-state index is 11.0. The molecule has 1 N–H and O–H groups in total. The van der Waals surface area contributed by atoms with E-state index in [1.165, 1.54) is 0 Å². The predicted octanol–water partition coefficient (Wildman–Crippen LogP) is 0.00750. The average molecular weight is 228 g/mol. The Morgan fingerprint density at radius 3 is 2.44 bits per heavy atom. The molecule has 1 rings (SSSR count). The van der Waals surface area contributed by atoms with Gasteiger partial charge in [0.1, 0.15) is 0 Å². The second-order valence-corrected chi connectivity index (χ2v) is 4.48. The number of nitrogens with one attached hydrogen (secondary N) is 1. The molecular weight excluding hydrogens is 208 g/mol. The molecule has 1 aliphatic rings. The molecule has 0 aromatic carbocycles. The summed E-state index contributed by atoms with van der Waals surface area (Å²) in [4.78, 5) is 23.9. The van der Waals surface area contributed by atoms with Crippen LogP contribution in [0.3, 0.4) is 0 Å². The fourth-order valence-corrected chi connectivity index (χ4v) is 1.47. The smallest absolute Gasteiger partial charge is 0.240 e. The summed E-state index contributed by atoms with van der Waals surface area (Å²) in [6.07, 6.45) is 1.04. The molecule has 0 aliphatic carbocycles. The number of amides is 2. The van der Waals surface area contributed by atoms with Crippen molar-refractivity contribution < 1.29 is 14.3 Å². The number of rotatable bonds is 6. The molecule has 2 amide bonds. The third-order valence-electron chi connectivity index (χ3n) is 2.40. The summed E-state index contributed by atoms with van der Waals surface area (Å²) in [5, 5.41) is 2.27. The monoisotopic (exact) mass is 228 g/mol. The van der Waals surface area contributed by atoms with Gasteiger partial charge in [0, 0.05) is 13.2 Å². The largest absolute Gasteiger partial charge is 0.380 e. The molecule has 1 heterocycles. The van der Waals surface area contributed by atoms with Crippen LogP contribution in [-0.2, 0) is 14.3 Å². The van der Waals surface area contributed by atoms with Crippen molar-refractivity contribution in [1.29, 1.82) is 0 Å². The maximum Gasteiger partial charge on any atom is 0.240 e. The molecule has 0 bridgehead atoms. The second kappa shape index (κ2) is 6.60. The van der Waals surface area contributed by atoms with Crippen molar-refractivity contribution in [3.63, 3.8) is 0 Å². The molecule has 0 unspecified atom stereocenters. The van der Waals surface area contributed by atoms with Gasteiger partial charge in [-0.05, 0) is 12.3 Å². The molecule has 1 aliphatic heterocycles. The molecule has 1 fully saturated rings. The molecule has 0 aromatic heterocycles. The number of piperazine rings is 1. The van der Waals surface area contributed by atoms with Crippen LogP contribution in [0.15, 0.2) is 0 Å². The summed E-state index contributed by atoms with van der Waals surface area (Å²) in [6, 6.07) is 0. The number of carbonyl (C=O) groups is 2. The fraction of sp³-hybridized carbons (Fsp3) is 0.818. The first-order valence-corrected chi connectivity index (χ1v) is 5.70. The van der Waals surface area contributed by atoms with E-state index in [2.05, 4.69) is 19.2 Å². The molecule has 92 valence electrons. The van der Waals surface area contributed by atoms with Crippen molar-refractivity contribution in [1.82, 2.24) is 10.2 Å². The van der Waals surface area contributed by atoms with Crippen molar-refractivity contribution in [3.8, 4) is 0 Å². The summed E-state index contributed by atoms with van der Waals surface area (Å²) >= 11 is 0. The van der Waals surface area contributed by atoms with Crippen LogP contribution >= 0.6 is 0 Å². The van der Waals surface area contributed by atoms with E-state index in [0.29, 0.717) is 32.2 Å². The summed E-state index contributed by atoms with van der Waals surface area (Å²) in [6.45, 7) is 6.84. The maximum atomic E-state index is 11.0. The predicted molar refractivity (Wildman–Crippen MR) is 59.9 cm³/mol. The molecule has 0 saturated carbocycles. The van der Waals surface area contributed by atoms with Crippen molar-refractivity contribution in [3.05, 3.63) is 0 Å². The van der Waals surface area contributed by atoms with Crippen LogP contribution < -0.4 is 5.32 Å². The van der Waals surface area contributed by atoms with Crippen LogP contribution in [0, 0.1) is 5.92 Å². The van der Waals surface area contributed by atoms with Gasteiger partial charge in [0.2, 0.25) is 11.8 Å². The Balaban J connectivity index is 2.08. The Kier molecular flexibility index (Phi) is 5.42. The van der Waals surface area contributed by atoms with Crippen molar-refractivity contribution >= 4 is 11.8 Å². The van der Waals surface area contributed by atoms with Gasteiger partial charge in [0.05, 0.1) is 19.7 Å². The number of imide groups is 1. The van der Waals surface area contributed by atoms with Crippen LogP contribution in [0.25, 0.3) is 0 Å². The zero-order valence-corrected chi connectivity index (χ0v) is 9.99. The van der Waals surface area contributed by atoms with Gasteiger partial charge >= 0.3 is 0 Å². The Hall–Kier alpha value is -0.940. The van der Waals surface area contributed by atoms with E-state index in [9.17, 15) is 9.59 Å². The highest BCUT2D eigenvalue weighted by atomic mass is 16.5. The van der Waals surface area contributed by atoms with Gasteiger partial charge < -0.3 is 4.74 Å². The highest BCUT2D eigenvalue weighted by Gasteiger charge is 2.21. The van der Waals surface area contributed by atoms with Crippen LogP contribution in [0.5, 0.6) is 0 Å². The second-order valence-electron chi connectivity index (χ2n) is 4.48. The van der Waals surface area contributed by atoms with Gasteiger partial charge in [-0.2, -0.15) is 0 Å². The minimum Gasteiger partial charge on any atom is -0.380 e. The molecule has 5 heteroatoms. The highest BCUT2D eigenvalue weighted by molar-refractivity contribution is 5.99. The number of ether oxygens (including phenoxy) is 1. The third kappa shape index (κ3) is 5.23. The summed E-state index contributed by atoms with van der Waals surface area (Å²) < 4.78 is 5.43. The summed E-state index contributed by atoms with van der Waals surface area (Å²) in [5.74, 6) is 0.194. The Labute approximate surface area is 96.1 Å². The van der Waals surface area contributed by atoms with Crippen LogP contribution in [0.1, 0.15) is 20.3 Å². The molecule has 0 aromatic rings. The lowest BCUT2D eigenvalue weighted by atomic mass is 10.1. The topological polar surface area (TPSA) is 58.6 Å². The van der Waals surface area contributed by atoms with E-state index in [1.54, 1.807) is 4.90 Å². The van der Waals surface area contributed by atoms with E-state index >= 15 is 0 Å². The van der Waals surface area contributed by atoms with Crippen LogP contribution in [-0.4, -0.2) is 49.6 Å². The third-order valence-corrected chi connectivity index (χ3v) is 2.40. The van der Waals surface area contributed by atoms with Gasteiger partial charge in [0.15, 0.2) is 0 Å². The average Bonchev–Trinajstić information content (AvgIpc) is 2.15. The standard InChI is InChI=1S/C11H20N2O3/c1-9(2)3-5-16-6-4-13-7-10(14)12-11(15)8-13/h9H,3-8H2,1-2H3,(H,12,14,15).